The van der Waals surface area contributed by atoms with Gasteiger partial charge in [0.25, 0.3) is 5.91 Å². The van der Waals surface area contributed by atoms with E-state index in [1.807, 2.05) is 0 Å². The second-order valence-corrected chi connectivity index (χ2v) is 3.76. The molecule has 0 aliphatic rings. The highest BCUT2D eigenvalue weighted by molar-refractivity contribution is 7.54. The van der Waals surface area contributed by atoms with Gasteiger partial charge in [-0.05, 0) is 6.92 Å². The summed E-state index contributed by atoms with van der Waals surface area (Å²) in [6.45, 7) is 1.59. The van der Waals surface area contributed by atoms with E-state index >= 15 is 0 Å². The Morgan fingerprint density at radius 3 is 2.64 bits per heavy atom. The normalized spacial score (nSPS) is 18.4. The van der Waals surface area contributed by atoms with Crippen LogP contribution < -0.4 is 0 Å². The minimum atomic E-state index is -3.82. The van der Waals surface area contributed by atoms with Crippen LogP contribution in [0.4, 0.5) is 4.39 Å². The second kappa shape index (κ2) is 4.45. The van der Waals surface area contributed by atoms with Crippen molar-refractivity contribution in [2.24, 2.45) is 0 Å². The van der Waals surface area contributed by atoms with Crippen LogP contribution in [0.3, 0.4) is 0 Å². The van der Waals surface area contributed by atoms with E-state index in [0.29, 0.717) is 0 Å². The van der Waals surface area contributed by atoms with Gasteiger partial charge in [-0.2, -0.15) is 5.26 Å². The minimum absolute atomic E-state index is 0.0488. The van der Waals surface area contributed by atoms with Crippen molar-refractivity contribution < 1.29 is 18.0 Å². The average Bonchev–Trinajstić information content (AvgIpc) is 2.03. The molecule has 0 N–H and O–H groups in total. The predicted molar refractivity (Wildman–Crippen MR) is 36.8 cm³/mol. The highest BCUT2D eigenvalue weighted by atomic mass is 31.2. The lowest BCUT2D eigenvalue weighted by molar-refractivity contribution is 0.222. The maximum atomic E-state index is 12.5. The third-order valence-corrected chi connectivity index (χ3v) is 2.75. The summed E-state index contributed by atoms with van der Waals surface area (Å²) >= 11 is 0. The highest BCUT2D eigenvalue weighted by Gasteiger charge is 2.34. The molecule has 0 aromatic rings. The van der Waals surface area contributed by atoms with Crippen molar-refractivity contribution in [3.63, 3.8) is 0 Å². The van der Waals surface area contributed by atoms with Crippen LogP contribution in [0.25, 0.3) is 0 Å². The molecule has 0 spiro atoms. The molecular formula is C5H9FNO3P. The Morgan fingerprint density at radius 2 is 2.36 bits per heavy atom. The third kappa shape index (κ3) is 2.58. The summed E-state index contributed by atoms with van der Waals surface area (Å²) in [5.41, 5.74) is 0. The minimum Gasteiger partial charge on any atom is -0.309 e. The van der Waals surface area contributed by atoms with Crippen molar-refractivity contribution in [2.45, 2.75) is 12.8 Å². The zero-order valence-electron chi connectivity index (χ0n) is 6.28. The number of hydrogen-bond donors (Lipinski definition) is 0. The van der Waals surface area contributed by atoms with Gasteiger partial charge in [0, 0.05) is 7.11 Å². The molecule has 0 radical (unpaired) electrons. The van der Waals surface area contributed by atoms with Gasteiger partial charge in [-0.25, -0.2) is 4.39 Å². The van der Waals surface area contributed by atoms with Crippen LogP contribution in [0.15, 0.2) is 0 Å². The zero-order valence-corrected chi connectivity index (χ0v) is 7.18. The molecular weight excluding hydrogens is 172 g/mol. The Labute approximate surface area is 64.4 Å². The summed E-state index contributed by atoms with van der Waals surface area (Å²) in [6, 6.07) is 1.16. The molecule has 64 valence electrons. The molecule has 2 atom stereocenters. The first-order valence-corrected chi connectivity index (χ1v) is 4.55. The molecule has 4 nitrogen and oxygen atoms in total. The van der Waals surface area contributed by atoms with Gasteiger partial charge in [0.05, 0.1) is 6.61 Å². The van der Waals surface area contributed by atoms with Crippen molar-refractivity contribution in [3.8, 4) is 6.07 Å². The largest absolute Gasteiger partial charge is 0.378 e. The Balaban J connectivity index is 4.36. The highest BCUT2D eigenvalue weighted by Crippen LogP contribution is 2.52. The van der Waals surface area contributed by atoms with Crippen LogP contribution in [-0.4, -0.2) is 19.6 Å². The summed E-state index contributed by atoms with van der Waals surface area (Å²) in [4.78, 5) is 0. The molecule has 0 bridgehead atoms. The van der Waals surface area contributed by atoms with Gasteiger partial charge in [0.15, 0.2) is 0 Å². The lowest BCUT2D eigenvalue weighted by Crippen LogP contribution is -2.03. The maximum Gasteiger partial charge on any atom is 0.378 e. The van der Waals surface area contributed by atoms with E-state index in [1.165, 1.54) is 6.92 Å². The number of nitriles is 1. The summed E-state index contributed by atoms with van der Waals surface area (Å²) in [5.74, 6) is -2.20. The maximum absolute atomic E-state index is 12.5. The third-order valence-electron chi connectivity index (χ3n) is 0.948. The molecule has 0 aliphatic carbocycles. The molecule has 0 heterocycles. The van der Waals surface area contributed by atoms with E-state index in [-0.39, 0.29) is 6.61 Å². The first kappa shape index (κ1) is 10.6. The molecule has 2 unspecified atom stereocenters. The molecule has 0 aromatic heterocycles. The van der Waals surface area contributed by atoms with Crippen LogP contribution in [0.5, 0.6) is 0 Å². The summed E-state index contributed by atoms with van der Waals surface area (Å²) in [5, 5.41) is 8.07. The number of hydrogen-bond acceptors (Lipinski definition) is 4. The van der Waals surface area contributed by atoms with E-state index in [1.54, 1.807) is 0 Å². The Morgan fingerprint density at radius 1 is 1.82 bits per heavy atom. The molecule has 0 rings (SSSR count). The van der Waals surface area contributed by atoms with Crippen molar-refractivity contribution in [3.05, 3.63) is 0 Å². The Hall–Kier alpha value is -0.430. The first-order valence-electron chi connectivity index (χ1n) is 2.94. The molecule has 0 aromatic carbocycles. The van der Waals surface area contributed by atoms with E-state index in [9.17, 15) is 8.96 Å². The van der Waals surface area contributed by atoms with Crippen molar-refractivity contribution in [1.29, 1.82) is 5.26 Å². The fourth-order valence-electron chi connectivity index (χ4n) is 0.461. The second-order valence-electron chi connectivity index (χ2n) is 1.61. The van der Waals surface area contributed by atoms with Gasteiger partial charge < -0.3 is 9.05 Å². The van der Waals surface area contributed by atoms with Crippen LogP contribution in [0.2, 0.25) is 0 Å². The van der Waals surface area contributed by atoms with Crippen LogP contribution in [-0.2, 0) is 13.6 Å². The Bertz CT molecular complexity index is 202. The quantitative estimate of drug-likeness (QED) is 0.619. The first-order chi connectivity index (χ1) is 5.10. The van der Waals surface area contributed by atoms with Crippen molar-refractivity contribution >= 4 is 7.60 Å². The summed E-state index contributed by atoms with van der Waals surface area (Å²) in [7, 11) is -2.78. The van der Waals surface area contributed by atoms with Gasteiger partial charge in [0.2, 0.25) is 0 Å². The summed E-state index contributed by atoms with van der Waals surface area (Å²) in [6.07, 6.45) is 0. The van der Waals surface area contributed by atoms with Gasteiger partial charge in [0.1, 0.15) is 6.07 Å². The smallest absolute Gasteiger partial charge is 0.309 e. The monoisotopic (exact) mass is 181 g/mol. The van der Waals surface area contributed by atoms with Gasteiger partial charge in [-0.15, -0.1) is 0 Å². The molecule has 0 saturated carbocycles. The van der Waals surface area contributed by atoms with E-state index in [0.717, 1.165) is 13.2 Å². The van der Waals surface area contributed by atoms with E-state index in [2.05, 4.69) is 9.05 Å². The SMILES string of the molecule is CCOP(=O)(OC)C(F)C#N. The fourth-order valence-corrected chi connectivity index (χ4v) is 1.38. The summed E-state index contributed by atoms with van der Waals surface area (Å²) < 4.78 is 32.3. The van der Waals surface area contributed by atoms with E-state index < -0.39 is 13.5 Å². The predicted octanol–water partition coefficient (Wildman–Crippen LogP) is 1.68. The van der Waals surface area contributed by atoms with Crippen molar-refractivity contribution in [1.82, 2.24) is 0 Å². The topological polar surface area (TPSA) is 59.3 Å². The van der Waals surface area contributed by atoms with Crippen LogP contribution in [0, 0.1) is 11.3 Å². The van der Waals surface area contributed by atoms with Crippen LogP contribution in [0.1, 0.15) is 6.92 Å². The molecule has 0 saturated heterocycles. The van der Waals surface area contributed by atoms with E-state index in [4.69, 9.17) is 5.26 Å². The molecule has 6 heteroatoms. The lowest BCUT2D eigenvalue weighted by Gasteiger charge is -2.13. The number of rotatable bonds is 4. The average molecular weight is 181 g/mol. The molecule has 0 fully saturated rings. The lowest BCUT2D eigenvalue weighted by atomic mass is 10.9. The fraction of sp³-hybridized carbons (Fsp3) is 0.800. The standard InChI is InChI=1S/C5H9FNO3P/c1-3-10-11(8,9-2)5(6)4-7/h5H,3H2,1-2H3. The zero-order chi connectivity index (χ0) is 8.91. The van der Waals surface area contributed by atoms with Crippen LogP contribution >= 0.6 is 7.60 Å². The van der Waals surface area contributed by atoms with Crippen molar-refractivity contribution in [2.75, 3.05) is 13.7 Å². The van der Waals surface area contributed by atoms with Gasteiger partial charge in [-0.3, -0.25) is 4.57 Å². The molecule has 11 heavy (non-hydrogen) atoms. The molecule has 0 amide bonds. The number of halogens is 1. The van der Waals surface area contributed by atoms with Gasteiger partial charge >= 0.3 is 7.60 Å². The number of nitrogens with zero attached hydrogens (tertiary/aromatic N) is 1. The Kier molecular flexibility index (Phi) is 4.27. The molecule has 0 aliphatic heterocycles. The van der Waals surface area contributed by atoms with Gasteiger partial charge in [-0.1, -0.05) is 0 Å². The number of alkyl halides is 1.